The first-order valence-electron chi connectivity index (χ1n) is 8.91. The molecule has 130 valence electrons. The second-order valence-electron chi connectivity index (χ2n) is 6.77. The molecule has 26 heavy (non-hydrogen) atoms. The van der Waals surface area contributed by atoms with Crippen LogP contribution >= 0.6 is 11.3 Å². The molecule has 4 nitrogen and oxygen atoms in total. The third-order valence-corrected chi connectivity index (χ3v) is 6.17. The van der Waals surface area contributed by atoms with Crippen LogP contribution in [0.1, 0.15) is 39.5 Å². The number of carbonyl (C=O) groups excluding carboxylic acids is 1. The number of aromatic nitrogens is 1. The Balaban J connectivity index is 1.53. The molecule has 1 aliphatic carbocycles. The smallest absolute Gasteiger partial charge is 0.293 e. The molecule has 1 amide bonds. The van der Waals surface area contributed by atoms with Gasteiger partial charge in [0.25, 0.3) is 5.91 Å². The normalized spacial score (nSPS) is 13.9. The lowest BCUT2D eigenvalue weighted by atomic mass is 10.0. The predicted molar refractivity (Wildman–Crippen MR) is 105 cm³/mol. The lowest BCUT2D eigenvalue weighted by Gasteiger charge is -2.06. The van der Waals surface area contributed by atoms with Crippen molar-refractivity contribution in [2.24, 2.45) is 0 Å². The first-order valence-corrected chi connectivity index (χ1v) is 9.73. The minimum atomic E-state index is -0.228. The molecule has 4 aromatic rings. The molecule has 2 aromatic heterocycles. The Kier molecular flexibility index (Phi) is 3.57. The molecule has 0 aliphatic heterocycles. The van der Waals surface area contributed by atoms with E-state index in [0.717, 1.165) is 45.8 Å². The fourth-order valence-electron chi connectivity index (χ4n) is 3.73. The Morgan fingerprint density at radius 2 is 1.96 bits per heavy atom. The van der Waals surface area contributed by atoms with Gasteiger partial charge in [-0.2, -0.15) is 0 Å². The molecule has 1 N–H and O–H groups in total. The number of amides is 1. The number of hydrogen-bond acceptors (Lipinski definition) is 4. The second-order valence-corrected chi connectivity index (χ2v) is 7.85. The molecule has 1 aliphatic rings. The third kappa shape index (κ3) is 2.42. The molecular weight excluding hydrogens is 344 g/mol. The summed E-state index contributed by atoms with van der Waals surface area (Å²) < 4.78 is 6.01. The van der Waals surface area contributed by atoms with Crippen molar-refractivity contribution in [1.82, 2.24) is 4.98 Å². The predicted octanol–water partition coefficient (Wildman–Crippen LogP) is 5.48. The van der Waals surface area contributed by atoms with E-state index < -0.39 is 0 Å². The van der Waals surface area contributed by atoms with Gasteiger partial charge in [-0.25, -0.2) is 4.98 Å². The van der Waals surface area contributed by atoms with Gasteiger partial charge in [-0.1, -0.05) is 36.4 Å². The average Bonchev–Trinajstić information content (AvgIpc) is 3.22. The van der Waals surface area contributed by atoms with Gasteiger partial charge in [0.1, 0.15) is 5.58 Å². The summed E-state index contributed by atoms with van der Waals surface area (Å²) >= 11 is 1.59. The zero-order valence-electron chi connectivity index (χ0n) is 14.5. The molecule has 5 rings (SSSR count). The average molecular weight is 362 g/mol. The summed E-state index contributed by atoms with van der Waals surface area (Å²) in [6, 6.07) is 12.1. The number of furan rings is 1. The SMILES string of the molecule is Cc1c(C(=O)Nc2nc3c(s2)CCCC3)oc2c1ccc1ccccc12. The van der Waals surface area contributed by atoms with Gasteiger partial charge < -0.3 is 4.42 Å². The number of benzene rings is 2. The lowest BCUT2D eigenvalue weighted by Crippen LogP contribution is -2.12. The first kappa shape index (κ1) is 15.6. The van der Waals surface area contributed by atoms with E-state index in [4.69, 9.17) is 4.42 Å². The molecular formula is C21H18N2O2S. The molecule has 0 bridgehead atoms. The van der Waals surface area contributed by atoms with Crippen LogP contribution in [0.15, 0.2) is 40.8 Å². The van der Waals surface area contributed by atoms with Gasteiger partial charge in [0.15, 0.2) is 10.9 Å². The summed E-state index contributed by atoms with van der Waals surface area (Å²) in [4.78, 5) is 18.7. The summed E-state index contributed by atoms with van der Waals surface area (Å²) in [5, 5.41) is 6.72. The molecule has 0 spiro atoms. The van der Waals surface area contributed by atoms with Gasteiger partial charge in [-0.15, -0.1) is 11.3 Å². The van der Waals surface area contributed by atoms with E-state index in [1.165, 1.54) is 17.7 Å². The maximum absolute atomic E-state index is 12.8. The number of anilines is 1. The van der Waals surface area contributed by atoms with E-state index >= 15 is 0 Å². The summed E-state index contributed by atoms with van der Waals surface area (Å²) in [5.41, 5.74) is 2.78. The monoisotopic (exact) mass is 362 g/mol. The first-order chi connectivity index (χ1) is 12.7. The Morgan fingerprint density at radius 3 is 2.85 bits per heavy atom. The molecule has 0 saturated carbocycles. The Morgan fingerprint density at radius 1 is 1.12 bits per heavy atom. The number of thiazole rings is 1. The molecule has 0 fully saturated rings. The van der Waals surface area contributed by atoms with Crippen molar-refractivity contribution in [2.45, 2.75) is 32.6 Å². The fourth-order valence-corrected chi connectivity index (χ4v) is 4.77. The van der Waals surface area contributed by atoms with Crippen LogP contribution < -0.4 is 5.32 Å². The van der Waals surface area contributed by atoms with Crippen LogP contribution in [-0.4, -0.2) is 10.9 Å². The van der Waals surface area contributed by atoms with E-state index in [-0.39, 0.29) is 5.91 Å². The summed E-state index contributed by atoms with van der Waals surface area (Å²) in [7, 11) is 0. The molecule has 0 unspecified atom stereocenters. The standard InChI is InChI=1S/C21H18N2O2S/c1-12-14-11-10-13-6-2-3-7-15(13)19(14)25-18(12)20(24)23-21-22-16-8-4-5-9-17(16)26-21/h2-3,6-7,10-11H,4-5,8-9H2,1H3,(H,22,23,24). The summed E-state index contributed by atoms with van der Waals surface area (Å²) in [6.45, 7) is 1.93. The van der Waals surface area contributed by atoms with Crippen molar-refractivity contribution < 1.29 is 9.21 Å². The van der Waals surface area contributed by atoms with Crippen molar-refractivity contribution in [3.8, 4) is 0 Å². The van der Waals surface area contributed by atoms with E-state index in [1.54, 1.807) is 11.3 Å². The largest absolute Gasteiger partial charge is 0.450 e. The maximum atomic E-state index is 12.8. The Hall–Kier alpha value is -2.66. The highest BCUT2D eigenvalue weighted by Crippen LogP contribution is 2.33. The lowest BCUT2D eigenvalue weighted by molar-refractivity contribution is 0.0998. The molecule has 2 aromatic carbocycles. The van der Waals surface area contributed by atoms with Gasteiger partial charge in [-0.3, -0.25) is 10.1 Å². The van der Waals surface area contributed by atoms with Crippen LogP contribution in [0.5, 0.6) is 0 Å². The number of nitrogens with one attached hydrogen (secondary N) is 1. The Bertz CT molecular complexity index is 1130. The van der Waals surface area contributed by atoms with Gasteiger partial charge in [-0.05, 0) is 38.0 Å². The van der Waals surface area contributed by atoms with Crippen molar-refractivity contribution in [2.75, 3.05) is 5.32 Å². The van der Waals surface area contributed by atoms with Gasteiger partial charge in [0.2, 0.25) is 0 Å². The number of carbonyl (C=O) groups is 1. The van der Waals surface area contributed by atoms with E-state index in [0.29, 0.717) is 10.9 Å². The number of hydrogen-bond donors (Lipinski definition) is 1. The highest BCUT2D eigenvalue weighted by atomic mass is 32.1. The minimum Gasteiger partial charge on any atom is -0.450 e. The van der Waals surface area contributed by atoms with E-state index in [1.807, 2.05) is 37.3 Å². The number of fused-ring (bicyclic) bond motifs is 4. The van der Waals surface area contributed by atoms with Crippen LogP contribution in [-0.2, 0) is 12.8 Å². The highest BCUT2D eigenvalue weighted by Gasteiger charge is 2.21. The van der Waals surface area contributed by atoms with Crippen molar-refractivity contribution in [3.05, 3.63) is 58.3 Å². The van der Waals surface area contributed by atoms with Crippen molar-refractivity contribution in [3.63, 3.8) is 0 Å². The molecule has 5 heteroatoms. The van der Waals surface area contributed by atoms with E-state index in [9.17, 15) is 4.79 Å². The quantitative estimate of drug-likeness (QED) is 0.513. The molecule has 0 radical (unpaired) electrons. The van der Waals surface area contributed by atoms with Crippen LogP contribution in [0.4, 0.5) is 5.13 Å². The topological polar surface area (TPSA) is 55.1 Å². The highest BCUT2D eigenvalue weighted by molar-refractivity contribution is 7.15. The Labute approximate surface area is 154 Å². The molecule has 0 saturated heterocycles. The third-order valence-electron chi connectivity index (χ3n) is 5.10. The van der Waals surface area contributed by atoms with Crippen LogP contribution in [0, 0.1) is 6.92 Å². The van der Waals surface area contributed by atoms with Crippen molar-refractivity contribution in [1.29, 1.82) is 0 Å². The number of aryl methyl sites for hydroxylation is 3. The second kappa shape index (κ2) is 5.95. The zero-order valence-corrected chi connectivity index (χ0v) is 15.3. The van der Waals surface area contributed by atoms with Crippen LogP contribution in [0.3, 0.4) is 0 Å². The van der Waals surface area contributed by atoms with Gasteiger partial charge >= 0.3 is 0 Å². The number of rotatable bonds is 2. The summed E-state index contributed by atoms with van der Waals surface area (Å²) in [5.74, 6) is 0.137. The van der Waals surface area contributed by atoms with Crippen LogP contribution in [0.2, 0.25) is 0 Å². The van der Waals surface area contributed by atoms with Gasteiger partial charge in [0, 0.05) is 21.2 Å². The van der Waals surface area contributed by atoms with Crippen molar-refractivity contribution >= 4 is 44.1 Å². The molecule has 2 heterocycles. The van der Waals surface area contributed by atoms with Gasteiger partial charge in [0.05, 0.1) is 5.69 Å². The number of nitrogens with zero attached hydrogens (tertiary/aromatic N) is 1. The summed E-state index contributed by atoms with van der Waals surface area (Å²) in [6.07, 6.45) is 4.47. The van der Waals surface area contributed by atoms with Crippen LogP contribution in [0.25, 0.3) is 21.7 Å². The molecule has 0 atom stereocenters. The zero-order chi connectivity index (χ0) is 17.7. The van der Waals surface area contributed by atoms with E-state index in [2.05, 4.69) is 16.4 Å². The maximum Gasteiger partial charge on any atom is 0.293 e. The fraction of sp³-hybridized carbons (Fsp3) is 0.238. The minimum absolute atomic E-state index is 0.228.